The molecule has 4 aromatic rings. The fourth-order valence-electron chi connectivity index (χ4n) is 3.60. The van der Waals surface area contributed by atoms with Gasteiger partial charge in [-0.25, -0.2) is 9.37 Å². The monoisotopic (exact) mass is 477 g/mol. The van der Waals surface area contributed by atoms with Crippen LogP contribution in [0.3, 0.4) is 0 Å². The Morgan fingerprint density at radius 2 is 1.68 bits per heavy atom. The van der Waals surface area contributed by atoms with Gasteiger partial charge in [-0.3, -0.25) is 0 Å². The zero-order valence-corrected chi connectivity index (χ0v) is 19.4. The highest BCUT2D eigenvalue weighted by Crippen LogP contribution is 2.30. The highest BCUT2D eigenvalue weighted by molar-refractivity contribution is 6.30. The Hall–Kier alpha value is -3.68. The number of halogens is 2. The number of anilines is 3. The van der Waals surface area contributed by atoms with E-state index in [1.165, 1.54) is 0 Å². The molecular weight excluding hydrogens is 453 g/mol. The van der Waals surface area contributed by atoms with Crippen molar-refractivity contribution in [1.29, 1.82) is 0 Å². The molecule has 4 rings (SSSR count). The zero-order chi connectivity index (χ0) is 24.1. The van der Waals surface area contributed by atoms with Crippen molar-refractivity contribution in [2.24, 2.45) is 0 Å². The lowest BCUT2D eigenvalue weighted by Crippen LogP contribution is -2.08. The molecule has 0 aliphatic heterocycles. The van der Waals surface area contributed by atoms with E-state index in [4.69, 9.17) is 27.8 Å². The van der Waals surface area contributed by atoms with Crippen molar-refractivity contribution < 1.29 is 9.13 Å². The molecule has 0 amide bonds. The molecule has 1 heterocycles. The van der Waals surface area contributed by atoms with Crippen LogP contribution in [0.2, 0.25) is 5.02 Å². The van der Waals surface area contributed by atoms with E-state index in [1.807, 2.05) is 48.5 Å². The Kier molecular flexibility index (Phi) is 7.25. The molecular formula is C26H25ClFN5O. The topological polar surface area (TPSA) is 99.1 Å². The first kappa shape index (κ1) is 23.5. The van der Waals surface area contributed by atoms with E-state index in [9.17, 15) is 4.39 Å². The highest BCUT2D eigenvalue weighted by Gasteiger charge is 2.15. The lowest BCUT2D eigenvalue weighted by atomic mass is 10.0. The Labute approximate surface area is 202 Å². The molecule has 0 saturated heterocycles. The number of rotatable bonds is 8. The van der Waals surface area contributed by atoms with Gasteiger partial charge in [-0.15, -0.1) is 0 Å². The number of aromatic nitrogens is 2. The van der Waals surface area contributed by atoms with Gasteiger partial charge in [-0.1, -0.05) is 54.1 Å². The summed E-state index contributed by atoms with van der Waals surface area (Å²) in [6.07, 6.45) is 0. The summed E-state index contributed by atoms with van der Waals surface area (Å²) in [5.41, 5.74) is 17.1. The first-order valence-corrected chi connectivity index (χ1v) is 11.1. The number of benzene rings is 3. The Morgan fingerprint density at radius 3 is 2.41 bits per heavy atom. The van der Waals surface area contributed by atoms with Crippen LogP contribution in [0.15, 0.2) is 66.7 Å². The quantitative estimate of drug-likeness (QED) is 0.299. The Bertz CT molecular complexity index is 1280. The lowest BCUT2D eigenvalue weighted by molar-refractivity contribution is 0.102. The van der Waals surface area contributed by atoms with Crippen molar-refractivity contribution in [2.45, 2.75) is 26.7 Å². The molecule has 0 radical (unpaired) electrons. The van der Waals surface area contributed by atoms with E-state index < -0.39 is 0 Å². The van der Waals surface area contributed by atoms with Crippen LogP contribution < -0.4 is 16.8 Å². The van der Waals surface area contributed by atoms with E-state index in [0.29, 0.717) is 34.0 Å². The molecule has 0 atom stereocenters. The van der Waals surface area contributed by atoms with Crippen molar-refractivity contribution in [3.05, 3.63) is 100.0 Å². The van der Waals surface area contributed by atoms with Crippen LogP contribution in [0.4, 0.5) is 21.8 Å². The molecule has 3 aromatic carbocycles. The number of nitrogens with one attached hydrogen (secondary N) is 1. The van der Waals surface area contributed by atoms with Gasteiger partial charge in [-0.2, -0.15) is 4.98 Å². The first-order chi connectivity index (χ1) is 16.4. The van der Waals surface area contributed by atoms with Gasteiger partial charge in [0.1, 0.15) is 11.6 Å². The van der Waals surface area contributed by atoms with Gasteiger partial charge < -0.3 is 21.5 Å². The number of hydrogen-bond acceptors (Lipinski definition) is 6. The van der Waals surface area contributed by atoms with Crippen LogP contribution in [0, 0.1) is 12.7 Å². The Morgan fingerprint density at radius 1 is 0.941 bits per heavy atom. The van der Waals surface area contributed by atoms with E-state index in [0.717, 1.165) is 16.8 Å². The van der Waals surface area contributed by atoms with Gasteiger partial charge >= 0.3 is 0 Å². The maximum atomic E-state index is 14.3. The molecule has 0 fully saturated rings. The summed E-state index contributed by atoms with van der Waals surface area (Å²) in [6.45, 7) is 2.59. The molecule has 8 heteroatoms. The summed E-state index contributed by atoms with van der Waals surface area (Å²) in [5, 5.41) is 4.08. The van der Waals surface area contributed by atoms with Crippen LogP contribution in [0.25, 0.3) is 11.1 Å². The third-order valence-electron chi connectivity index (χ3n) is 5.38. The van der Waals surface area contributed by atoms with E-state index in [-0.39, 0.29) is 30.8 Å². The second-order valence-electron chi connectivity index (χ2n) is 7.89. The van der Waals surface area contributed by atoms with Crippen molar-refractivity contribution >= 4 is 29.1 Å². The van der Waals surface area contributed by atoms with Gasteiger partial charge in [-0.05, 0) is 47.9 Å². The van der Waals surface area contributed by atoms with Crippen LogP contribution in [0.1, 0.15) is 22.4 Å². The van der Waals surface area contributed by atoms with Crippen molar-refractivity contribution in [3.63, 3.8) is 0 Å². The van der Waals surface area contributed by atoms with Gasteiger partial charge in [0.05, 0.1) is 18.9 Å². The molecule has 34 heavy (non-hydrogen) atoms. The Balaban J connectivity index is 1.48. The van der Waals surface area contributed by atoms with Crippen molar-refractivity contribution in [1.82, 2.24) is 9.97 Å². The van der Waals surface area contributed by atoms with Crippen LogP contribution >= 0.6 is 11.6 Å². The normalized spacial score (nSPS) is 10.9. The van der Waals surface area contributed by atoms with E-state index >= 15 is 0 Å². The minimum atomic E-state index is -0.272. The largest absolute Gasteiger partial charge is 0.383 e. The predicted octanol–water partition coefficient (Wildman–Crippen LogP) is 5.74. The van der Waals surface area contributed by atoms with Gasteiger partial charge in [0, 0.05) is 28.4 Å². The standard InChI is InChI=1S/C26H25ClFN5O/c1-16-3-2-4-19(24(16)28)14-34-15-22-23(25(29)33-26(30)32-22)18-7-11-21(12-8-18)31-13-17-5-9-20(27)10-6-17/h2-12,31H,13-15H2,1H3,(H4,29,30,32,33). The third kappa shape index (κ3) is 5.62. The first-order valence-electron chi connectivity index (χ1n) is 10.7. The highest BCUT2D eigenvalue weighted by atomic mass is 35.5. The van der Waals surface area contributed by atoms with Crippen LogP contribution in [0.5, 0.6) is 0 Å². The number of nitrogens with two attached hydrogens (primary N) is 2. The van der Waals surface area contributed by atoms with Crippen molar-refractivity contribution in [2.75, 3.05) is 16.8 Å². The second-order valence-corrected chi connectivity index (χ2v) is 8.32. The molecule has 6 nitrogen and oxygen atoms in total. The average molecular weight is 478 g/mol. The molecule has 1 aromatic heterocycles. The fraction of sp³-hybridized carbons (Fsp3) is 0.154. The summed E-state index contributed by atoms with van der Waals surface area (Å²) in [4.78, 5) is 8.44. The average Bonchev–Trinajstić information content (AvgIpc) is 2.82. The predicted molar refractivity (Wildman–Crippen MR) is 135 cm³/mol. The van der Waals surface area contributed by atoms with E-state index in [2.05, 4.69) is 15.3 Å². The minimum Gasteiger partial charge on any atom is -0.383 e. The van der Waals surface area contributed by atoms with E-state index in [1.54, 1.807) is 25.1 Å². The summed E-state index contributed by atoms with van der Waals surface area (Å²) in [7, 11) is 0. The fourth-order valence-corrected chi connectivity index (χ4v) is 3.73. The maximum Gasteiger partial charge on any atom is 0.222 e. The number of nitrogens with zero attached hydrogens (tertiary/aromatic N) is 2. The maximum absolute atomic E-state index is 14.3. The molecule has 174 valence electrons. The minimum absolute atomic E-state index is 0.0582. The van der Waals surface area contributed by atoms with Gasteiger partial charge in [0.25, 0.3) is 0 Å². The number of ether oxygens (including phenoxy) is 1. The molecule has 0 unspecified atom stereocenters. The lowest BCUT2D eigenvalue weighted by Gasteiger charge is -2.14. The number of aryl methyl sites for hydroxylation is 1. The molecule has 5 N–H and O–H groups in total. The SMILES string of the molecule is Cc1cccc(COCc2nc(N)nc(N)c2-c2ccc(NCc3ccc(Cl)cc3)cc2)c1F. The summed E-state index contributed by atoms with van der Waals surface area (Å²) in [6, 6.07) is 20.7. The second kappa shape index (κ2) is 10.5. The summed E-state index contributed by atoms with van der Waals surface area (Å²) >= 11 is 5.94. The molecule has 0 bridgehead atoms. The molecule has 0 aliphatic rings. The van der Waals surface area contributed by atoms with Crippen LogP contribution in [-0.4, -0.2) is 9.97 Å². The van der Waals surface area contributed by atoms with Crippen LogP contribution in [-0.2, 0) is 24.5 Å². The van der Waals surface area contributed by atoms with Crippen molar-refractivity contribution in [3.8, 4) is 11.1 Å². The van der Waals surface area contributed by atoms with Gasteiger partial charge in [0.2, 0.25) is 5.95 Å². The summed E-state index contributed by atoms with van der Waals surface area (Å²) in [5.74, 6) is 0.0451. The number of nitrogen functional groups attached to an aromatic ring is 2. The molecule has 0 aliphatic carbocycles. The molecule has 0 saturated carbocycles. The third-order valence-corrected chi connectivity index (χ3v) is 5.63. The molecule has 0 spiro atoms. The van der Waals surface area contributed by atoms with Gasteiger partial charge in [0.15, 0.2) is 0 Å². The summed E-state index contributed by atoms with van der Waals surface area (Å²) < 4.78 is 20.0. The smallest absolute Gasteiger partial charge is 0.222 e. The zero-order valence-electron chi connectivity index (χ0n) is 18.7. The number of hydrogen-bond donors (Lipinski definition) is 3.